The van der Waals surface area contributed by atoms with Gasteiger partial charge in [0.2, 0.25) is 11.8 Å². The molecule has 1 saturated carbocycles. The Balaban J connectivity index is 1.23. The summed E-state index contributed by atoms with van der Waals surface area (Å²) in [7, 11) is 0. The summed E-state index contributed by atoms with van der Waals surface area (Å²) in [5.41, 5.74) is 2.05. The number of carbonyl (C=O) groups excluding carboxylic acids is 2. The van der Waals surface area contributed by atoms with Crippen LogP contribution in [-0.2, 0) is 16.1 Å². The molecule has 216 valence electrons. The van der Waals surface area contributed by atoms with Gasteiger partial charge in [0, 0.05) is 26.2 Å². The molecule has 0 bridgehead atoms. The second-order valence-electron chi connectivity index (χ2n) is 12.0. The minimum absolute atomic E-state index is 0.0760. The summed E-state index contributed by atoms with van der Waals surface area (Å²) in [6.07, 6.45) is 6.66. The first-order chi connectivity index (χ1) is 19.4. The van der Waals surface area contributed by atoms with Crippen LogP contribution in [0.25, 0.3) is 0 Å². The maximum absolute atomic E-state index is 13.8. The first kappa shape index (κ1) is 28.8. The molecule has 2 amide bonds. The van der Waals surface area contributed by atoms with Crippen LogP contribution in [0.3, 0.4) is 0 Å². The Morgan fingerprint density at radius 2 is 1.57 bits per heavy atom. The summed E-state index contributed by atoms with van der Waals surface area (Å²) in [6.45, 7) is 4.84. The van der Waals surface area contributed by atoms with Crippen molar-refractivity contribution in [2.75, 3.05) is 19.6 Å². The molecule has 3 atom stereocenters. The summed E-state index contributed by atoms with van der Waals surface area (Å²) in [4.78, 5) is 31.7. The summed E-state index contributed by atoms with van der Waals surface area (Å²) >= 11 is 0. The number of nitrogens with one attached hydrogen (secondary N) is 1. The minimum Gasteiger partial charge on any atom is -0.390 e. The summed E-state index contributed by atoms with van der Waals surface area (Å²) in [6, 6.07) is 16.9. The summed E-state index contributed by atoms with van der Waals surface area (Å²) < 4.78 is 0. The van der Waals surface area contributed by atoms with E-state index in [0.29, 0.717) is 32.5 Å². The fourth-order valence-electron chi connectivity index (χ4n) is 6.93. The van der Waals surface area contributed by atoms with E-state index < -0.39 is 23.8 Å². The number of hydrogen-bond acceptors (Lipinski definition) is 5. The van der Waals surface area contributed by atoms with E-state index in [1.165, 1.54) is 6.42 Å². The molecule has 3 aliphatic rings. The van der Waals surface area contributed by atoms with Gasteiger partial charge in [0.05, 0.1) is 6.10 Å². The molecule has 0 aromatic heterocycles. The van der Waals surface area contributed by atoms with E-state index in [1.54, 1.807) is 0 Å². The van der Waals surface area contributed by atoms with Gasteiger partial charge < -0.3 is 20.4 Å². The van der Waals surface area contributed by atoms with Crippen LogP contribution >= 0.6 is 0 Å². The molecule has 2 aromatic rings. The Morgan fingerprint density at radius 1 is 0.925 bits per heavy atom. The number of benzene rings is 2. The molecule has 3 fully saturated rings. The lowest BCUT2D eigenvalue weighted by atomic mass is 9.78. The molecule has 5 rings (SSSR count). The molecule has 2 saturated heterocycles. The molecule has 0 radical (unpaired) electrons. The Hall–Kier alpha value is -2.74. The standard InChI is InChI=1S/C33H45N3O4/c1-2-3-20-36-31(39)28(30(38)26-12-8-5-9-13-26)34-32(40)33(36)18-21-35(22-19-33)23-24-14-16-27(17-15-24)29(37)25-10-6-4-7-11-25/h4,6-7,10-11,14-17,26,28-30,37-38H,2-3,5,8-9,12-13,18-23H2,1H3,(H,34,40)/t28-,29?,30-/m1/s1. The average Bonchev–Trinajstić information content (AvgIpc) is 3.00. The third kappa shape index (κ3) is 5.97. The summed E-state index contributed by atoms with van der Waals surface area (Å²) in [5.74, 6) is -0.124. The quantitative estimate of drug-likeness (QED) is 0.438. The molecule has 3 N–H and O–H groups in total. The van der Waals surface area contributed by atoms with Crippen LogP contribution in [0.2, 0.25) is 0 Å². The monoisotopic (exact) mass is 547 g/mol. The fraction of sp³-hybridized carbons (Fsp3) is 0.576. The molecule has 2 heterocycles. The minimum atomic E-state index is -0.838. The van der Waals surface area contributed by atoms with Crippen molar-refractivity contribution in [2.24, 2.45) is 5.92 Å². The third-order valence-electron chi connectivity index (χ3n) is 9.47. The zero-order valence-corrected chi connectivity index (χ0v) is 23.8. The number of piperazine rings is 1. The Kier molecular flexibility index (Phi) is 9.24. The van der Waals surface area contributed by atoms with E-state index in [1.807, 2.05) is 47.4 Å². The van der Waals surface area contributed by atoms with Crippen molar-refractivity contribution >= 4 is 11.8 Å². The maximum Gasteiger partial charge on any atom is 0.248 e. The molecule has 2 aliphatic heterocycles. The highest BCUT2D eigenvalue weighted by Crippen LogP contribution is 2.36. The number of amides is 2. The van der Waals surface area contributed by atoms with Gasteiger partial charge in [0.15, 0.2) is 0 Å². The average molecular weight is 548 g/mol. The molecule has 40 heavy (non-hydrogen) atoms. The van der Waals surface area contributed by atoms with Crippen molar-refractivity contribution in [3.63, 3.8) is 0 Å². The van der Waals surface area contributed by atoms with Crippen molar-refractivity contribution in [2.45, 2.75) is 95.0 Å². The summed E-state index contributed by atoms with van der Waals surface area (Å²) in [5, 5.41) is 24.9. The van der Waals surface area contributed by atoms with Gasteiger partial charge >= 0.3 is 0 Å². The highest BCUT2D eigenvalue weighted by molar-refractivity contribution is 6.00. The van der Waals surface area contributed by atoms with Crippen LogP contribution in [-0.4, -0.2) is 69.1 Å². The molecule has 1 spiro atoms. The number of rotatable bonds is 9. The van der Waals surface area contributed by atoms with Crippen LogP contribution in [0.1, 0.15) is 87.5 Å². The molecule has 2 aromatic carbocycles. The predicted octanol–water partition coefficient (Wildman–Crippen LogP) is 4.17. The number of unbranched alkanes of at least 4 members (excludes halogenated alkanes) is 1. The molecule has 1 aliphatic carbocycles. The highest BCUT2D eigenvalue weighted by Gasteiger charge is 2.55. The molecular formula is C33H45N3O4. The maximum atomic E-state index is 13.8. The van der Waals surface area contributed by atoms with E-state index in [4.69, 9.17) is 0 Å². The number of piperidine rings is 1. The molecule has 7 heteroatoms. The van der Waals surface area contributed by atoms with Gasteiger partial charge in [0.25, 0.3) is 0 Å². The topological polar surface area (TPSA) is 93.1 Å². The Labute approximate surface area is 238 Å². The van der Waals surface area contributed by atoms with Crippen molar-refractivity contribution in [1.29, 1.82) is 0 Å². The number of aliphatic hydroxyl groups is 2. The third-order valence-corrected chi connectivity index (χ3v) is 9.47. The first-order valence-electron chi connectivity index (χ1n) is 15.3. The molecule has 7 nitrogen and oxygen atoms in total. The second-order valence-corrected chi connectivity index (χ2v) is 12.0. The largest absolute Gasteiger partial charge is 0.390 e. The highest BCUT2D eigenvalue weighted by atomic mass is 16.3. The lowest BCUT2D eigenvalue weighted by Crippen LogP contribution is -2.75. The lowest BCUT2D eigenvalue weighted by Gasteiger charge is -2.52. The smallest absolute Gasteiger partial charge is 0.248 e. The van der Waals surface area contributed by atoms with Crippen LogP contribution in [0, 0.1) is 5.92 Å². The zero-order chi connectivity index (χ0) is 28.1. The Morgan fingerprint density at radius 3 is 2.23 bits per heavy atom. The van der Waals surface area contributed by atoms with Gasteiger partial charge in [-0.05, 0) is 54.7 Å². The molecular weight excluding hydrogens is 502 g/mol. The second kappa shape index (κ2) is 12.8. The first-order valence-corrected chi connectivity index (χ1v) is 15.3. The number of likely N-dealkylation sites (tertiary alicyclic amines) is 1. The van der Waals surface area contributed by atoms with E-state index in [0.717, 1.165) is 61.8 Å². The van der Waals surface area contributed by atoms with Gasteiger partial charge in [-0.15, -0.1) is 0 Å². The van der Waals surface area contributed by atoms with E-state index >= 15 is 0 Å². The predicted molar refractivity (Wildman–Crippen MR) is 155 cm³/mol. The SMILES string of the molecule is CCCCN1C(=O)[C@@H]([C@H](O)C2CCCCC2)NC(=O)C12CCN(Cc1ccc(C(O)c3ccccc3)cc1)CC2. The van der Waals surface area contributed by atoms with E-state index in [9.17, 15) is 19.8 Å². The normalized spacial score (nSPS) is 23.7. The zero-order valence-electron chi connectivity index (χ0n) is 23.8. The van der Waals surface area contributed by atoms with Gasteiger partial charge in [-0.3, -0.25) is 14.5 Å². The van der Waals surface area contributed by atoms with Gasteiger partial charge in [-0.1, -0.05) is 87.2 Å². The van der Waals surface area contributed by atoms with Crippen molar-refractivity contribution in [3.8, 4) is 0 Å². The molecule has 1 unspecified atom stereocenters. The lowest BCUT2D eigenvalue weighted by molar-refractivity contribution is -0.166. The van der Waals surface area contributed by atoms with E-state index in [-0.39, 0.29) is 17.7 Å². The van der Waals surface area contributed by atoms with Crippen LogP contribution in [0.5, 0.6) is 0 Å². The fourth-order valence-corrected chi connectivity index (χ4v) is 6.93. The van der Waals surface area contributed by atoms with Gasteiger partial charge in [0.1, 0.15) is 17.7 Å². The van der Waals surface area contributed by atoms with Crippen molar-refractivity contribution in [3.05, 3.63) is 71.3 Å². The number of aliphatic hydroxyl groups excluding tert-OH is 2. The number of hydrogen-bond donors (Lipinski definition) is 3. The number of nitrogens with zero attached hydrogens (tertiary/aromatic N) is 2. The van der Waals surface area contributed by atoms with Crippen LogP contribution < -0.4 is 5.32 Å². The van der Waals surface area contributed by atoms with Crippen molar-refractivity contribution in [1.82, 2.24) is 15.1 Å². The van der Waals surface area contributed by atoms with Gasteiger partial charge in [-0.25, -0.2) is 0 Å². The van der Waals surface area contributed by atoms with Crippen LogP contribution in [0.15, 0.2) is 54.6 Å². The number of carbonyl (C=O) groups is 2. The Bertz CT molecular complexity index is 1120. The van der Waals surface area contributed by atoms with Crippen molar-refractivity contribution < 1.29 is 19.8 Å². The van der Waals surface area contributed by atoms with Crippen LogP contribution in [0.4, 0.5) is 0 Å². The van der Waals surface area contributed by atoms with Gasteiger partial charge in [-0.2, -0.15) is 0 Å². The van der Waals surface area contributed by atoms with E-state index in [2.05, 4.69) is 29.3 Å².